The van der Waals surface area contributed by atoms with Gasteiger partial charge in [-0.25, -0.2) is 0 Å². The van der Waals surface area contributed by atoms with E-state index in [2.05, 4.69) is 25.9 Å². The van der Waals surface area contributed by atoms with E-state index in [1.54, 1.807) is 10.9 Å². The number of aliphatic hydroxyl groups excluding tert-OH is 1. The number of fused-ring (bicyclic) bond motifs is 3. The van der Waals surface area contributed by atoms with Crippen LogP contribution in [0.25, 0.3) is 0 Å². The number of aromatic nitrogens is 2. The number of Topliss-reactive ketones (excluding diaryl/α,β-unsaturated/α-hetero) is 1. The van der Waals surface area contributed by atoms with Crippen LogP contribution in [0.3, 0.4) is 0 Å². The van der Waals surface area contributed by atoms with E-state index in [1.807, 2.05) is 12.3 Å². The minimum atomic E-state index is 0.169. The molecule has 162 valence electrons. The molecular formula is C25H40N2O2. The van der Waals surface area contributed by atoms with Gasteiger partial charge in [-0.3, -0.25) is 9.48 Å². The van der Waals surface area contributed by atoms with E-state index in [0.29, 0.717) is 30.3 Å². The predicted molar refractivity (Wildman–Crippen MR) is 115 cm³/mol. The van der Waals surface area contributed by atoms with Crippen molar-refractivity contribution in [2.24, 2.45) is 40.4 Å². The Hall–Kier alpha value is -1.16. The molecule has 0 aliphatic heterocycles. The van der Waals surface area contributed by atoms with Gasteiger partial charge >= 0.3 is 0 Å². The number of hydrogen-bond donors (Lipinski definition) is 1. The molecule has 7 atom stereocenters. The van der Waals surface area contributed by atoms with Gasteiger partial charge < -0.3 is 5.11 Å². The first kappa shape index (κ1) is 21.1. The Bertz CT molecular complexity index is 702. The Morgan fingerprint density at radius 1 is 1.17 bits per heavy atom. The van der Waals surface area contributed by atoms with Crippen LogP contribution >= 0.6 is 0 Å². The third-order valence-corrected chi connectivity index (χ3v) is 9.70. The van der Waals surface area contributed by atoms with Crippen LogP contribution in [-0.4, -0.2) is 27.3 Å². The molecule has 0 spiro atoms. The maximum absolute atomic E-state index is 13.2. The van der Waals surface area contributed by atoms with Crippen LogP contribution < -0.4 is 0 Å². The summed E-state index contributed by atoms with van der Waals surface area (Å²) in [5, 5.41) is 13.8. The molecule has 3 aliphatic carbocycles. The Labute approximate surface area is 176 Å². The summed E-state index contributed by atoms with van der Waals surface area (Å²) < 4.78 is 1.79. The molecule has 0 radical (unpaired) electrons. The van der Waals surface area contributed by atoms with Crippen molar-refractivity contribution in [2.75, 3.05) is 6.61 Å². The molecule has 3 aliphatic rings. The van der Waals surface area contributed by atoms with Crippen molar-refractivity contribution in [2.45, 2.75) is 85.1 Å². The van der Waals surface area contributed by atoms with Gasteiger partial charge in [0.1, 0.15) is 0 Å². The molecule has 1 aromatic heterocycles. The summed E-state index contributed by atoms with van der Waals surface area (Å²) in [6.07, 6.45) is 14.4. The van der Waals surface area contributed by atoms with E-state index in [1.165, 1.54) is 38.5 Å². The monoisotopic (exact) mass is 400 g/mol. The molecule has 1 N–H and O–H groups in total. The maximum atomic E-state index is 13.2. The van der Waals surface area contributed by atoms with Crippen LogP contribution in [0, 0.1) is 40.4 Å². The smallest absolute Gasteiger partial charge is 0.157 e. The second-order valence-corrected chi connectivity index (χ2v) is 10.7. The Balaban J connectivity index is 1.54. The first-order valence-electron chi connectivity index (χ1n) is 12.0. The summed E-state index contributed by atoms with van der Waals surface area (Å²) in [6, 6.07) is 1.90. The molecule has 4 rings (SSSR count). The van der Waals surface area contributed by atoms with E-state index in [9.17, 15) is 9.90 Å². The summed E-state index contributed by atoms with van der Waals surface area (Å²) in [4.78, 5) is 13.2. The highest BCUT2D eigenvalue weighted by Crippen LogP contribution is 2.66. The van der Waals surface area contributed by atoms with Crippen LogP contribution in [-0.2, 0) is 11.3 Å². The number of aliphatic hydroxyl groups is 1. The number of ketones is 1. The lowest BCUT2D eigenvalue weighted by atomic mass is 9.46. The predicted octanol–water partition coefficient (Wildman–Crippen LogP) is 5.11. The average Bonchev–Trinajstić information content (AvgIpc) is 3.33. The molecule has 0 amide bonds. The molecule has 4 nitrogen and oxygen atoms in total. The van der Waals surface area contributed by atoms with E-state index in [4.69, 9.17) is 0 Å². The average molecular weight is 401 g/mol. The summed E-state index contributed by atoms with van der Waals surface area (Å²) in [5.41, 5.74) is 0.529. The minimum absolute atomic E-state index is 0.169. The fourth-order valence-electron chi connectivity index (χ4n) is 8.25. The van der Waals surface area contributed by atoms with Crippen molar-refractivity contribution >= 4 is 5.78 Å². The second-order valence-electron chi connectivity index (χ2n) is 10.7. The van der Waals surface area contributed by atoms with Crippen molar-refractivity contribution in [1.82, 2.24) is 9.78 Å². The van der Waals surface area contributed by atoms with Gasteiger partial charge in [0.05, 0.1) is 6.54 Å². The number of nitrogens with zero attached hydrogens (tertiary/aromatic N) is 2. The molecule has 0 bridgehead atoms. The van der Waals surface area contributed by atoms with Crippen LogP contribution in [0.4, 0.5) is 0 Å². The highest BCUT2D eigenvalue weighted by molar-refractivity contribution is 5.82. The van der Waals surface area contributed by atoms with Crippen molar-refractivity contribution < 1.29 is 9.90 Å². The van der Waals surface area contributed by atoms with E-state index in [-0.39, 0.29) is 11.3 Å². The molecule has 3 saturated carbocycles. The zero-order valence-corrected chi connectivity index (χ0v) is 18.6. The third kappa shape index (κ3) is 3.49. The summed E-state index contributed by atoms with van der Waals surface area (Å²) in [5.74, 6) is 3.61. The summed E-state index contributed by atoms with van der Waals surface area (Å²) in [7, 11) is 0. The number of hydrogen-bond acceptors (Lipinski definition) is 3. The van der Waals surface area contributed by atoms with Gasteiger partial charge in [-0.15, -0.1) is 0 Å². The molecule has 0 unspecified atom stereocenters. The van der Waals surface area contributed by atoms with Crippen LogP contribution in [0.5, 0.6) is 0 Å². The van der Waals surface area contributed by atoms with E-state index in [0.717, 1.165) is 37.0 Å². The lowest BCUT2D eigenvalue weighted by molar-refractivity contribution is -0.134. The zero-order chi connectivity index (χ0) is 20.6. The molecule has 0 aromatic carbocycles. The topological polar surface area (TPSA) is 55.1 Å². The highest BCUT2D eigenvalue weighted by atomic mass is 16.2. The zero-order valence-electron chi connectivity index (χ0n) is 18.6. The van der Waals surface area contributed by atoms with E-state index < -0.39 is 0 Å². The first-order chi connectivity index (χ1) is 13.9. The van der Waals surface area contributed by atoms with Crippen molar-refractivity contribution in [1.29, 1.82) is 0 Å². The van der Waals surface area contributed by atoms with Crippen molar-refractivity contribution in [3.05, 3.63) is 18.5 Å². The first-order valence-corrected chi connectivity index (χ1v) is 12.0. The summed E-state index contributed by atoms with van der Waals surface area (Å²) >= 11 is 0. The quantitative estimate of drug-likeness (QED) is 0.692. The molecule has 4 heteroatoms. The van der Waals surface area contributed by atoms with Crippen LogP contribution in [0.1, 0.15) is 78.6 Å². The SMILES string of the molecule is CC[C@@H]1CC[C@@H]2[C@H](CC[C@]3(C)[C@@H](C(=O)Cn4cccn4)CC[C@@H]23)[C@@]1(C)CCCO. The van der Waals surface area contributed by atoms with Crippen LogP contribution in [0.15, 0.2) is 18.5 Å². The standard InChI is InChI=1S/C25H40N2O2/c1-4-18-7-8-19-20-9-10-22(23(29)17-27-15-6-14-26-27)25(20,3)13-11-21(19)24(18,2)12-5-16-28/h6,14-15,18-22,28H,4-5,7-13,16-17H2,1-3H3/t18-,19+,20+,21+,22-,24+,25+/m1/s1. The lowest BCUT2D eigenvalue weighted by Gasteiger charge is -2.59. The van der Waals surface area contributed by atoms with Gasteiger partial charge in [-0.1, -0.05) is 27.2 Å². The molecule has 1 heterocycles. The van der Waals surface area contributed by atoms with Gasteiger partial charge in [-0.05, 0) is 91.9 Å². The van der Waals surface area contributed by atoms with Gasteiger partial charge in [0.15, 0.2) is 5.78 Å². The highest BCUT2D eigenvalue weighted by Gasteiger charge is 2.60. The maximum Gasteiger partial charge on any atom is 0.157 e. The second kappa shape index (κ2) is 8.17. The third-order valence-electron chi connectivity index (χ3n) is 9.70. The Kier molecular flexibility index (Phi) is 5.94. The number of carbonyl (C=O) groups is 1. The number of carbonyl (C=O) groups excluding carboxylic acids is 1. The van der Waals surface area contributed by atoms with Gasteiger partial charge in [0.2, 0.25) is 0 Å². The normalized spacial score (nSPS) is 41.7. The largest absolute Gasteiger partial charge is 0.396 e. The van der Waals surface area contributed by atoms with E-state index >= 15 is 0 Å². The van der Waals surface area contributed by atoms with Gasteiger partial charge in [0.25, 0.3) is 0 Å². The minimum Gasteiger partial charge on any atom is -0.396 e. The number of rotatable bonds is 7. The molecule has 3 fully saturated rings. The van der Waals surface area contributed by atoms with Gasteiger partial charge in [-0.2, -0.15) is 5.10 Å². The Morgan fingerprint density at radius 2 is 2.00 bits per heavy atom. The summed E-state index contributed by atoms with van der Waals surface area (Å²) in [6.45, 7) is 8.07. The lowest BCUT2D eigenvalue weighted by Crippen LogP contribution is -2.52. The molecule has 1 aromatic rings. The molecule has 0 saturated heterocycles. The van der Waals surface area contributed by atoms with Crippen LogP contribution in [0.2, 0.25) is 0 Å². The van der Waals surface area contributed by atoms with Crippen molar-refractivity contribution in [3.8, 4) is 0 Å². The van der Waals surface area contributed by atoms with Crippen molar-refractivity contribution in [3.63, 3.8) is 0 Å². The molecular weight excluding hydrogens is 360 g/mol. The molecule has 29 heavy (non-hydrogen) atoms. The Morgan fingerprint density at radius 3 is 2.69 bits per heavy atom. The fourth-order valence-corrected chi connectivity index (χ4v) is 8.25. The van der Waals surface area contributed by atoms with Gasteiger partial charge in [0, 0.05) is 24.9 Å². The fraction of sp³-hybridized carbons (Fsp3) is 0.840.